The van der Waals surface area contributed by atoms with Crippen LogP contribution >= 0.6 is 11.6 Å². The maximum absolute atomic E-state index is 6.25. The minimum absolute atomic E-state index is 0.301. The van der Waals surface area contributed by atoms with Crippen LogP contribution in [0.1, 0.15) is 103 Å². The number of aromatic nitrogens is 2. The molecule has 0 saturated heterocycles. The number of ether oxygens (including phenoxy) is 1. The molecule has 184 valence electrons. The molecule has 0 N–H and O–H groups in total. The number of alkyl halides is 1. The van der Waals surface area contributed by atoms with Crippen LogP contribution in [-0.4, -0.2) is 22.0 Å². The Morgan fingerprint density at radius 2 is 1.48 bits per heavy atom. The van der Waals surface area contributed by atoms with Crippen molar-refractivity contribution in [1.82, 2.24) is 9.97 Å². The van der Waals surface area contributed by atoms with Gasteiger partial charge in [-0.15, -0.1) is 11.6 Å². The second kappa shape index (κ2) is 16.9. The van der Waals surface area contributed by atoms with Gasteiger partial charge in [0, 0.05) is 23.3 Å². The minimum atomic E-state index is 0.301. The quantitative estimate of drug-likeness (QED) is 0.160. The third kappa shape index (κ3) is 11.9. The molecule has 0 saturated carbocycles. The van der Waals surface area contributed by atoms with Crippen LogP contribution in [0.2, 0.25) is 0 Å². The fourth-order valence-corrected chi connectivity index (χ4v) is 4.44. The van der Waals surface area contributed by atoms with Crippen LogP contribution in [0.4, 0.5) is 0 Å². The first-order valence-corrected chi connectivity index (χ1v) is 13.7. The van der Waals surface area contributed by atoms with Crippen molar-refractivity contribution in [3.05, 3.63) is 42.2 Å². The highest BCUT2D eigenvalue weighted by Gasteiger charge is 2.09. The molecular weight excluding hydrogens is 428 g/mol. The Hall–Kier alpha value is -1.61. The summed E-state index contributed by atoms with van der Waals surface area (Å²) in [7, 11) is 0. The fourth-order valence-electron chi connectivity index (χ4n) is 4.14. The summed E-state index contributed by atoms with van der Waals surface area (Å²) in [5.74, 6) is 2.33. The van der Waals surface area contributed by atoms with Crippen molar-refractivity contribution >= 4 is 11.6 Å². The molecule has 0 fully saturated rings. The van der Waals surface area contributed by atoms with E-state index in [0.717, 1.165) is 55.8 Å². The fraction of sp³-hybridized carbons (Fsp3) is 0.655. The Balaban J connectivity index is 1.65. The number of nitrogens with zero attached hydrogens (tertiary/aromatic N) is 2. The van der Waals surface area contributed by atoms with Crippen molar-refractivity contribution in [3.8, 4) is 17.1 Å². The Kier molecular flexibility index (Phi) is 14.2. The summed E-state index contributed by atoms with van der Waals surface area (Å²) in [6, 6.07) is 8.13. The lowest BCUT2D eigenvalue weighted by Gasteiger charge is -2.14. The largest absolute Gasteiger partial charge is 0.494 e. The Bertz CT molecular complexity index is 732. The summed E-state index contributed by atoms with van der Waals surface area (Å²) in [5.41, 5.74) is 2.26. The molecule has 33 heavy (non-hydrogen) atoms. The van der Waals surface area contributed by atoms with Crippen LogP contribution < -0.4 is 4.74 Å². The molecule has 2 unspecified atom stereocenters. The van der Waals surface area contributed by atoms with Gasteiger partial charge in [0.25, 0.3) is 0 Å². The lowest BCUT2D eigenvalue weighted by Crippen LogP contribution is -2.07. The highest BCUT2D eigenvalue weighted by atomic mass is 35.5. The summed E-state index contributed by atoms with van der Waals surface area (Å²) in [6.07, 6.45) is 20.1. The lowest BCUT2D eigenvalue weighted by molar-refractivity contribution is 0.292. The minimum Gasteiger partial charge on any atom is -0.494 e. The molecule has 0 amide bonds. The Morgan fingerprint density at radius 3 is 2.12 bits per heavy atom. The number of hydrogen-bond donors (Lipinski definition) is 0. The van der Waals surface area contributed by atoms with Gasteiger partial charge in [0.05, 0.1) is 6.61 Å². The van der Waals surface area contributed by atoms with Crippen molar-refractivity contribution in [3.63, 3.8) is 0 Å². The van der Waals surface area contributed by atoms with Gasteiger partial charge in [0.2, 0.25) is 0 Å². The summed E-state index contributed by atoms with van der Waals surface area (Å²) < 4.78 is 5.92. The summed E-state index contributed by atoms with van der Waals surface area (Å²) >= 11 is 6.25. The highest BCUT2D eigenvalue weighted by Crippen LogP contribution is 2.21. The van der Waals surface area contributed by atoms with E-state index >= 15 is 0 Å². The highest BCUT2D eigenvalue weighted by molar-refractivity contribution is 6.20. The molecule has 0 aliphatic rings. The van der Waals surface area contributed by atoms with Gasteiger partial charge in [-0.3, -0.25) is 0 Å². The van der Waals surface area contributed by atoms with Crippen molar-refractivity contribution < 1.29 is 4.74 Å². The molecule has 4 heteroatoms. The standard InChI is InChI=1S/C29H45ClN2O/c1-4-6-7-8-9-10-11-12-15-25-22-31-29(32-23-25)26-16-18-28(19-17-26)33-20-13-14-24(3)21-27(30)5-2/h16-19,22-24,27H,4-15,20-21H2,1-3H3. The smallest absolute Gasteiger partial charge is 0.159 e. The normalized spacial score (nSPS) is 13.1. The SMILES string of the molecule is CCCCCCCCCCc1cnc(-c2ccc(OCCCC(C)CC(Cl)CC)cc2)nc1. The molecule has 2 rings (SSSR count). The molecule has 0 radical (unpaired) electrons. The molecule has 2 atom stereocenters. The molecular formula is C29H45ClN2O. The molecule has 3 nitrogen and oxygen atoms in total. The predicted octanol–water partition coefficient (Wildman–Crippen LogP) is 9.03. The zero-order valence-corrected chi connectivity index (χ0v) is 22.0. The first-order valence-electron chi connectivity index (χ1n) is 13.3. The second-order valence-corrected chi connectivity index (χ2v) is 10.1. The number of unbranched alkanes of at least 4 members (excludes halogenated alkanes) is 7. The van der Waals surface area contributed by atoms with Crippen LogP contribution in [0.25, 0.3) is 11.4 Å². The third-order valence-corrected chi connectivity index (χ3v) is 6.83. The van der Waals surface area contributed by atoms with E-state index in [2.05, 4.69) is 30.7 Å². The first-order chi connectivity index (χ1) is 16.1. The van der Waals surface area contributed by atoms with E-state index in [-0.39, 0.29) is 0 Å². The molecule has 1 aromatic carbocycles. The second-order valence-electron chi connectivity index (χ2n) is 9.50. The summed E-state index contributed by atoms with van der Waals surface area (Å²) in [4.78, 5) is 9.18. The van der Waals surface area contributed by atoms with Crippen molar-refractivity contribution in [1.29, 1.82) is 0 Å². The molecule has 0 spiro atoms. The van der Waals surface area contributed by atoms with Crippen molar-refractivity contribution in [2.24, 2.45) is 5.92 Å². The first kappa shape index (κ1) is 27.6. The number of aryl methyl sites for hydroxylation is 1. The van der Waals surface area contributed by atoms with Crippen LogP contribution in [0.5, 0.6) is 5.75 Å². The van der Waals surface area contributed by atoms with E-state index in [1.54, 1.807) is 0 Å². The molecule has 0 bridgehead atoms. The van der Waals surface area contributed by atoms with Gasteiger partial charge >= 0.3 is 0 Å². The topological polar surface area (TPSA) is 35.0 Å². The Morgan fingerprint density at radius 1 is 0.848 bits per heavy atom. The van der Waals surface area contributed by atoms with Crippen LogP contribution in [0.3, 0.4) is 0 Å². The molecule has 1 heterocycles. The maximum Gasteiger partial charge on any atom is 0.159 e. The van der Waals surface area contributed by atoms with Gasteiger partial charge in [-0.2, -0.15) is 0 Å². The zero-order valence-electron chi connectivity index (χ0n) is 21.2. The number of rotatable bonds is 18. The van der Waals surface area contributed by atoms with Gasteiger partial charge in [-0.05, 0) is 74.3 Å². The van der Waals surface area contributed by atoms with Crippen molar-refractivity contribution in [2.75, 3.05) is 6.61 Å². The summed E-state index contributed by atoms with van der Waals surface area (Å²) in [5, 5.41) is 0.301. The van der Waals surface area contributed by atoms with Crippen LogP contribution in [-0.2, 0) is 6.42 Å². The Labute approximate surface area is 207 Å². The molecule has 1 aromatic heterocycles. The van der Waals surface area contributed by atoms with Gasteiger partial charge in [0.1, 0.15) is 5.75 Å². The molecule has 0 aliphatic carbocycles. The van der Waals surface area contributed by atoms with Gasteiger partial charge in [-0.1, -0.05) is 65.7 Å². The predicted molar refractivity (Wildman–Crippen MR) is 142 cm³/mol. The van der Waals surface area contributed by atoms with Crippen LogP contribution in [0, 0.1) is 5.92 Å². The monoisotopic (exact) mass is 472 g/mol. The summed E-state index contributed by atoms with van der Waals surface area (Å²) in [6.45, 7) is 7.44. The van der Waals surface area contributed by atoms with Gasteiger partial charge < -0.3 is 4.74 Å². The average molecular weight is 473 g/mol. The molecule has 0 aliphatic heterocycles. The average Bonchev–Trinajstić information content (AvgIpc) is 2.84. The van der Waals surface area contributed by atoms with E-state index in [0.29, 0.717) is 11.3 Å². The van der Waals surface area contributed by atoms with Crippen LogP contribution in [0.15, 0.2) is 36.7 Å². The maximum atomic E-state index is 6.25. The van der Waals surface area contributed by atoms with Gasteiger partial charge in [0.15, 0.2) is 5.82 Å². The van der Waals surface area contributed by atoms with E-state index in [9.17, 15) is 0 Å². The lowest BCUT2D eigenvalue weighted by atomic mass is 9.99. The van der Waals surface area contributed by atoms with Crippen molar-refractivity contribution in [2.45, 2.75) is 110 Å². The van der Waals surface area contributed by atoms with E-state index in [1.807, 2.05) is 36.7 Å². The number of hydrogen-bond acceptors (Lipinski definition) is 3. The number of halogens is 1. The zero-order chi connectivity index (χ0) is 23.7. The van der Waals surface area contributed by atoms with E-state index in [1.165, 1.54) is 56.9 Å². The van der Waals surface area contributed by atoms with Gasteiger partial charge in [-0.25, -0.2) is 9.97 Å². The molecule has 2 aromatic rings. The van der Waals surface area contributed by atoms with E-state index in [4.69, 9.17) is 16.3 Å². The number of benzene rings is 1. The third-order valence-electron chi connectivity index (χ3n) is 6.35. The van der Waals surface area contributed by atoms with E-state index < -0.39 is 0 Å².